The first kappa shape index (κ1) is 17.2. The molecular formula is C16H25N3O2. The SMILES string of the molecule is CC(C)CNC(=O)CCNC(=O)c1cccc(CCN)c1. The van der Waals surface area contributed by atoms with Crippen LogP contribution in [0.15, 0.2) is 24.3 Å². The molecule has 0 radical (unpaired) electrons. The lowest BCUT2D eigenvalue weighted by molar-refractivity contribution is -0.121. The fraction of sp³-hybridized carbons (Fsp3) is 0.500. The highest BCUT2D eigenvalue weighted by molar-refractivity contribution is 5.94. The van der Waals surface area contributed by atoms with E-state index < -0.39 is 0 Å². The van der Waals surface area contributed by atoms with Gasteiger partial charge in [-0.15, -0.1) is 0 Å². The molecule has 1 rings (SSSR count). The van der Waals surface area contributed by atoms with E-state index in [4.69, 9.17) is 5.73 Å². The van der Waals surface area contributed by atoms with E-state index in [9.17, 15) is 9.59 Å². The Balaban J connectivity index is 2.36. The Bertz CT molecular complexity index is 472. The predicted octanol–water partition coefficient (Wildman–Crippen LogP) is 1.08. The fourth-order valence-electron chi connectivity index (χ4n) is 1.83. The highest BCUT2D eigenvalue weighted by atomic mass is 16.2. The molecule has 1 aromatic rings. The van der Waals surface area contributed by atoms with Crippen LogP contribution in [0.1, 0.15) is 36.2 Å². The average Bonchev–Trinajstić information content (AvgIpc) is 2.45. The van der Waals surface area contributed by atoms with Gasteiger partial charge in [0.05, 0.1) is 0 Å². The molecule has 0 aliphatic carbocycles. The molecule has 5 heteroatoms. The number of hydrogen-bond acceptors (Lipinski definition) is 3. The lowest BCUT2D eigenvalue weighted by Gasteiger charge is -2.09. The number of benzene rings is 1. The van der Waals surface area contributed by atoms with Crippen LogP contribution in [0, 0.1) is 5.92 Å². The molecule has 5 nitrogen and oxygen atoms in total. The Morgan fingerprint density at radius 1 is 1.24 bits per heavy atom. The van der Waals surface area contributed by atoms with Gasteiger partial charge in [0, 0.05) is 25.1 Å². The Hall–Kier alpha value is -1.88. The van der Waals surface area contributed by atoms with Crippen LogP contribution in [0.25, 0.3) is 0 Å². The summed E-state index contributed by atoms with van der Waals surface area (Å²) in [4.78, 5) is 23.5. The summed E-state index contributed by atoms with van der Waals surface area (Å²) in [6.07, 6.45) is 1.04. The van der Waals surface area contributed by atoms with Gasteiger partial charge in [0.2, 0.25) is 5.91 Å². The van der Waals surface area contributed by atoms with Crippen LogP contribution in [-0.2, 0) is 11.2 Å². The van der Waals surface area contributed by atoms with Gasteiger partial charge in [-0.1, -0.05) is 26.0 Å². The Kier molecular flexibility index (Phi) is 7.46. The van der Waals surface area contributed by atoms with Crippen molar-refractivity contribution in [2.75, 3.05) is 19.6 Å². The van der Waals surface area contributed by atoms with Gasteiger partial charge in [0.15, 0.2) is 0 Å². The van der Waals surface area contributed by atoms with E-state index in [1.54, 1.807) is 6.07 Å². The van der Waals surface area contributed by atoms with Gasteiger partial charge in [0.25, 0.3) is 5.91 Å². The summed E-state index contributed by atoms with van der Waals surface area (Å²) in [5.41, 5.74) is 7.15. The summed E-state index contributed by atoms with van der Waals surface area (Å²) < 4.78 is 0. The normalized spacial score (nSPS) is 10.5. The largest absolute Gasteiger partial charge is 0.356 e. The van der Waals surface area contributed by atoms with Crippen molar-refractivity contribution in [1.82, 2.24) is 10.6 Å². The van der Waals surface area contributed by atoms with Crippen LogP contribution < -0.4 is 16.4 Å². The lowest BCUT2D eigenvalue weighted by atomic mass is 10.1. The van der Waals surface area contributed by atoms with Crippen LogP contribution in [0.4, 0.5) is 0 Å². The van der Waals surface area contributed by atoms with Crippen molar-refractivity contribution in [2.45, 2.75) is 26.7 Å². The molecule has 0 fully saturated rings. The lowest BCUT2D eigenvalue weighted by Crippen LogP contribution is -2.32. The van der Waals surface area contributed by atoms with Crippen molar-refractivity contribution < 1.29 is 9.59 Å². The molecule has 1 aromatic carbocycles. The quantitative estimate of drug-likeness (QED) is 0.670. The second-order valence-corrected chi connectivity index (χ2v) is 5.44. The molecule has 116 valence electrons. The van der Waals surface area contributed by atoms with E-state index in [0.717, 1.165) is 12.0 Å². The smallest absolute Gasteiger partial charge is 0.251 e. The standard InChI is InChI=1S/C16H25N3O2/c1-12(2)11-19-15(20)7-9-18-16(21)14-5-3-4-13(10-14)6-8-17/h3-5,10,12H,6-9,11,17H2,1-2H3,(H,18,21)(H,19,20). The third-order valence-corrected chi connectivity index (χ3v) is 2.97. The topological polar surface area (TPSA) is 84.2 Å². The summed E-state index contributed by atoms with van der Waals surface area (Å²) in [5, 5.41) is 5.57. The number of nitrogens with two attached hydrogens (primary N) is 1. The van der Waals surface area contributed by atoms with Crippen LogP contribution in [0.5, 0.6) is 0 Å². The van der Waals surface area contributed by atoms with Crippen LogP contribution in [-0.4, -0.2) is 31.4 Å². The fourth-order valence-corrected chi connectivity index (χ4v) is 1.83. The van der Waals surface area contributed by atoms with Crippen LogP contribution in [0.2, 0.25) is 0 Å². The van der Waals surface area contributed by atoms with E-state index in [-0.39, 0.29) is 11.8 Å². The molecule has 0 heterocycles. The van der Waals surface area contributed by atoms with Gasteiger partial charge < -0.3 is 16.4 Å². The van der Waals surface area contributed by atoms with Crippen molar-refractivity contribution in [2.24, 2.45) is 11.7 Å². The minimum absolute atomic E-state index is 0.0408. The highest BCUT2D eigenvalue weighted by Gasteiger charge is 2.07. The zero-order chi connectivity index (χ0) is 15.7. The molecule has 0 aliphatic heterocycles. The number of carbonyl (C=O) groups excluding carboxylic acids is 2. The zero-order valence-electron chi connectivity index (χ0n) is 12.8. The molecule has 0 saturated heterocycles. The number of rotatable bonds is 8. The van der Waals surface area contributed by atoms with E-state index >= 15 is 0 Å². The number of carbonyl (C=O) groups is 2. The first-order chi connectivity index (χ1) is 10.0. The highest BCUT2D eigenvalue weighted by Crippen LogP contribution is 2.05. The van der Waals surface area contributed by atoms with Gasteiger partial charge in [-0.25, -0.2) is 0 Å². The summed E-state index contributed by atoms with van der Waals surface area (Å²) >= 11 is 0. The van der Waals surface area contributed by atoms with Crippen molar-refractivity contribution in [3.05, 3.63) is 35.4 Å². The van der Waals surface area contributed by atoms with Crippen molar-refractivity contribution in [3.63, 3.8) is 0 Å². The zero-order valence-corrected chi connectivity index (χ0v) is 12.8. The molecule has 2 amide bonds. The van der Waals surface area contributed by atoms with Crippen LogP contribution in [0.3, 0.4) is 0 Å². The third-order valence-electron chi connectivity index (χ3n) is 2.97. The maximum Gasteiger partial charge on any atom is 0.251 e. The maximum atomic E-state index is 12.0. The summed E-state index contributed by atoms with van der Waals surface area (Å²) in [7, 11) is 0. The Labute approximate surface area is 126 Å². The Morgan fingerprint density at radius 2 is 2.00 bits per heavy atom. The molecule has 0 atom stereocenters. The summed E-state index contributed by atoms with van der Waals surface area (Å²) in [6, 6.07) is 7.38. The van der Waals surface area contributed by atoms with Crippen LogP contribution >= 0.6 is 0 Å². The van der Waals surface area contributed by atoms with E-state index in [1.165, 1.54) is 0 Å². The average molecular weight is 291 g/mol. The molecular weight excluding hydrogens is 266 g/mol. The van der Waals surface area contributed by atoms with Gasteiger partial charge in [0.1, 0.15) is 0 Å². The monoisotopic (exact) mass is 291 g/mol. The van der Waals surface area contributed by atoms with Crippen molar-refractivity contribution in [1.29, 1.82) is 0 Å². The molecule has 0 spiro atoms. The van der Waals surface area contributed by atoms with E-state index in [2.05, 4.69) is 10.6 Å². The van der Waals surface area contributed by atoms with Gasteiger partial charge in [-0.2, -0.15) is 0 Å². The molecule has 0 aliphatic rings. The second-order valence-electron chi connectivity index (χ2n) is 5.44. The molecule has 0 saturated carbocycles. The minimum atomic E-state index is -0.162. The Morgan fingerprint density at radius 3 is 2.67 bits per heavy atom. The summed E-state index contributed by atoms with van der Waals surface area (Å²) in [5.74, 6) is 0.222. The first-order valence-electron chi connectivity index (χ1n) is 7.37. The van der Waals surface area contributed by atoms with Gasteiger partial charge in [-0.3, -0.25) is 9.59 Å². The van der Waals surface area contributed by atoms with E-state index in [1.807, 2.05) is 32.0 Å². The van der Waals surface area contributed by atoms with Gasteiger partial charge in [-0.05, 0) is 36.6 Å². The third kappa shape index (κ3) is 6.90. The summed E-state index contributed by atoms with van der Waals surface area (Å²) in [6.45, 7) is 5.63. The molecule has 0 unspecified atom stereocenters. The van der Waals surface area contributed by atoms with E-state index in [0.29, 0.717) is 37.5 Å². The minimum Gasteiger partial charge on any atom is -0.356 e. The molecule has 0 aromatic heterocycles. The molecule has 21 heavy (non-hydrogen) atoms. The molecule has 0 bridgehead atoms. The number of nitrogens with one attached hydrogen (secondary N) is 2. The first-order valence-corrected chi connectivity index (χ1v) is 7.37. The maximum absolute atomic E-state index is 12.0. The van der Waals surface area contributed by atoms with Crippen molar-refractivity contribution in [3.8, 4) is 0 Å². The molecule has 4 N–H and O–H groups in total. The van der Waals surface area contributed by atoms with Gasteiger partial charge >= 0.3 is 0 Å². The predicted molar refractivity (Wildman–Crippen MR) is 84.0 cm³/mol. The number of amides is 2. The number of hydrogen-bond donors (Lipinski definition) is 3. The van der Waals surface area contributed by atoms with Crippen molar-refractivity contribution >= 4 is 11.8 Å². The second kappa shape index (κ2) is 9.13.